The normalized spacial score (nSPS) is 14.1. The molecule has 1 saturated heterocycles. The summed E-state index contributed by atoms with van der Waals surface area (Å²) in [5.41, 5.74) is 0.651. The van der Waals surface area contributed by atoms with Gasteiger partial charge >= 0.3 is 0 Å². The molecule has 8 heteroatoms. The Kier molecular flexibility index (Phi) is 6.79. The molecule has 0 saturated carbocycles. The van der Waals surface area contributed by atoms with Crippen molar-refractivity contribution in [3.8, 4) is 0 Å². The summed E-state index contributed by atoms with van der Waals surface area (Å²) in [5, 5.41) is 6.20. The molecule has 1 aromatic heterocycles. The summed E-state index contributed by atoms with van der Waals surface area (Å²) in [5.74, 6) is 1.64. The maximum Gasteiger partial charge on any atom is 0.251 e. The number of hydrogen-bond acceptors (Lipinski definition) is 6. The van der Waals surface area contributed by atoms with E-state index in [9.17, 15) is 4.79 Å². The lowest BCUT2D eigenvalue weighted by Crippen LogP contribution is -2.36. The van der Waals surface area contributed by atoms with Gasteiger partial charge in [-0.3, -0.25) is 4.79 Å². The second-order valence-corrected chi connectivity index (χ2v) is 6.82. The number of aromatic nitrogens is 2. The summed E-state index contributed by atoms with van der Waals surface area (Å²) >= 11 is 3.37. The number of halogens is 1. The third-order valence-electron chi connectivity index (χ3n) is 4.02. The molecule has 0 aliphatic carbocycles. The zero-order chi connectivity index (χ0) is 18.2. The fourth-order valence-corrected chi connectivity index (χ4v) is 3.05. The van der Waals surface area contributed by atoms with Crippen LogP contribution in [0.15, 0.2) is 41.1 Å². The van der Waals surface area contributed by atoms with Gasteiger partial charge in [0.25, 0.3) is 5.91 Å². The Bertz CT molecular complexity index is 737. The van der Waals surface area contributed by atoms with E-state index in [0.717, 1.165) is 55.4 Å². The summed E-state index contributed by atoms with van der Waals surface area (Å²) in [6, 6.07) is 9.30. The number of carbonyl (C=O) groups is 1. The van der Waals surface area contributed by atoms with Crippen molar-refractivity contribution in [3.63, 3.8) is 0 Å². The topological polar surface area (TPSA) is 79.4 Å². The lowest BCUT2D eigenvalue weighted by molar-refractivity contribution is 0.0953. The molecule has 1 aliphatic rings. The lowest BCUT2D eigenvalue weighted by Gasteiger charge is -2.27. The van der Waals surface area contributed by atoms with E-state index in [0.29, 0.717) is 12.1 Å². The van der Waals surface area contributed by atoms with Gasteiger partial charge in [-0.2, -0.15) is 0 Å². The highest BCUT2D eigenvalue weighted by Crippen LogP contribution is 2.15. The van der Waals surface area contributed by atoms with E-state index in [-0.39, 0.29) is 5.91 Å². The van der Waals surface area contributed by atoms with Gasteiger partial charge in [-0.15, -0.1) is 0 Å². The van der Waals surface area contributed by atoms with Crippen LogP contribution in [-0.4, -0.2) is 55.3 Å². The van der Waals surface area contributed by atoms with Gasteiger partial charge in [-0.25, -0.2) is 9.97 Å². The van der Waals surface area contributed by atoms with Crippen LogP contribution in [0.4, 0.5) is 11.6 Å². The van der Waals surface area contributed by atoms with Gasteiger partial charge in [0.2, 0.25) is 0 Å². The van der Waals surface area contributed by atoms with Crippen LogP contribution < -0.4 is 15.5 Å². The number of morpholine rings is 1. The van der Waals surface area contributed by atoms with Gasteiger partial charge < -0.3 is 20.3 Å². The highest BCUT2D eigenvalue weighted by atomic mass is 79.9. The maximum absolute atomic E-state index is 12.1. The zero-order valence-corrected chi connectivity index (χ0v) is 16.0. The summed E-state index contributed by atoms with van der Waals surface area (Å²) < 4.78 is 6.26. The summed E-state index contributed by atoms with van der Waals surface area (Å²) in [4.78, 5) is 22.8. The minimum atomic E-state index is -0.0667. The second-order valence-electron chi connectivity index (χ2n) is 5.91. The van der Waals surface area contributed by atoms with E-state index in [1.54, 1.807) is 12.4 Å². The van der Waals surface area contributed by atoms with Crippen LogP contribution in [0.2, 0.25) is 0 Å². The van der Waals surface area contributed by atoms with Gasteiger partial charge in [-0.05, 0) is 24.6 Å². The molecule has 1 aliphatic heterocycles. The smallest absolute Gasteiger partial charge is 0.251 e. The second kappa shape index (κ2) is 9.49. The van der Waals surface area contributed by atoms with Crippen molar-refractivity contribution in [1.82, 2.24) is 15.3 Å². The molecule has 0 spiro atoms. The molecule has 3 rings (SSSR count). The summed E-state index contributed by atoms with van der Waals surface area (Å²) in [6.45, 7) is 4.46. The molecular weight excluding hydrogens is 398 g/mol. The number of ether oxygens (including phenoxy) is 1. The number of nitrogens with one attached hydrogen (secondary N) is 2. The first-order valence-corrected chi connectivity index (χ1v) is 9.44. The van der Waals surface area contributed by atoms with Gasteiger partial charge in [0.1, 0.15) is 18.0 Å². The number of benzene rings is 1. The average Bonchev–Trinajstić information content (AvgIpc) is 2.68. The van der Waals surface area contributed by atoms with Gasteiger partial charge in [0, 0.05) is 42.3 Å². The third kappa shape index (κ3) is 5.40. The number of anilines is 2. The highest BCUT2D eigenvalue weighted by molar-refractivity contribution is 9.10. The van der Waals surface area contributed by atoms with Crippen molar-refractivity contribution in [2.45, 2.75) is 6.42 Å². The molecule has 0 atom stereocenters. The minimum Gasteiger partial charge on any atom is -0.378 e. The molecule has 1 fully saturated rings. The van der Waals surface area contributed by atoms with Crippen LogP contribution in [0, 0.1) is 0 Å². The largest absolute Gasteiger partial charge is 0.378 e. The van der Waals surface area contributed by atoms with Crippen molar-refractivity contribution in [1.29, 1.82) is 0 Å². The monoisotopic (exact) mass is 419 g/mol. The molecule has 2 heterocycles. The van der Waals surface area contributed by atoms with E-state index < -0.39 is 0 Å². The fraction of sp³-hybridized carbons (Fsp3) is 0.389. The van der Waals surface area contributed by atoms with Crippen LogP contribution in [-0.2, 0) is 4.74 Å². The molecule has 2 N–H and O–H groups in total. The molecule has 7 nitrogen and oxygen atoms in total. The van der Waals surface area contributed by atoms with E-state index in [4.69, 9.17) is 4.74 Å². The highest BCUT2D eigenvalue weighted by Gasteiger charge is 2.12. The first-order chi connectivity index (χ1) is 12.7. The SMILES string of the molecule is O=C(NCCCNc1cc(N2CCOCC2)ncn1)c1cccc(Br)c1. The molecule has 138 valence electrons. The van der Waals surface area contributed by atoms with Crippen molar-refractivity contribution in [2.75, 3.05) is 49.6 Å². The molecule has 0 bridgehead atoms. The molecule has 1 aromatic carbocycles. The predicted octanol–water partition coefficient (Wildman–Crippen LogP) is 2.31. The Labute approximate surface area is 161 Å². The van der Waals surface area contributed by atoms with Crippen LogP contribution in [0.1, 0.15) is 16.8 Å². The fourth-order valence-electron chi connectivity index (χ4n) is 2.65. The number of amides is 1. The van der Waals surface area contributed by atoms with Gasteiger partial charge in [0.15, 0.2) is 0 Å². The Balaban J connectivity index is 1.40. The lowest BCUT2D eigenvalue weighted by atomic mass is 10.2. The molecule has 2 aromatic rings. The average molecular weight is 420 g/mol. The van der Waals surface area contributed by atoms with E-state index >= 15 is 0 Å². The third-order valence-corrected chi connectivity index (χ3v) is 4.51. The first-order valence-electron chi connectivity index (χ1n) is 8.65. The summed E-state index contributed by atoms with van der Waals surface area (Å²) in [6.07, 6.45) is 2.37. The van der Waals surface area contributed by atoms with Crippen molar-refractivity contribution in [3.05, 3.63) is 46.7 Å². The van der Waals surface area contributed by atoms with Crippen LogP contribution in [0.25, 0.3) is 0 Å². The Morgan fingerprint density at radius 3 is 2.85 bits per heavy atom. The quantitative estimate of drug-likeness (QED) is 0.670. The standard InChI is InChI=1S/C18H22BrN5O2/c19-15-4-1-3-14(11-15)18(25)21-6-2-5-20-16-12-17(23-13-22-16)24-7-9-26-10-8-24/h1,3-4,11-13H,2,5-10H2,(H,21,25)(H,20,22,23). The molecule has 0 radical (unpaired) electrons. The molecule has 26 heavy (non-hydrogen) atoms. The van der Waals surface area contributed by atoms with E-state index in [1.807, 2.05) is 24.3 Å². The maximum atomic E-state index is 12.1. The first kappa shape index (κ1) is 18.6. The molecule has 0 unspecified atom stereocenters. The number of carbonyl (C=O) groups excluding carboxylic acids is 1. The summed E-state index contributed by atoms with van der Waals surface area (Å²) in [7, 11) is 0. The van der Waals surface area contributed by atoms with Crippen LogP contribution >= 0.6 is 15.9 Å². The number of hydrogen-bond donors (Lipinski definition) is 2. The van der Waals surface area contributed by atoms with Crippen molar-refractivity contribution >= 4 is 33.5 Å². The van der Waals surface area contributed by atoms with Gasteiger partial charge in [0.05, 0.1) is 13.2 Å². The Hall–Kier alpha value is -2.19. The molecule has 1 amide bonds. The van der Waals surface area contributed by atoms with Crippen LogP contribution in [0.5, 0.6) is 0 Å². The van der Waals surface area contributed by atoms with Crippen molar-refractivity contribution < 1.29 is 9.53 Å². The molecular formula is C18H22BrN5O2. The minimum absolute atomic E-state index is 0.0667. The Morgan fingerprint density at radius 2 is 2.04 bits per heavy atom. The zero-order valence-electron chi connectivity index (χ0n) is 14.4. The van der Waals surface area contributed by atoms with Crippen molar-refractivity contribution in [2.24, 2.45) is 0 Å². The van der Waals surface area contributed by atoms with Gasteiger partial charge in [-0.1, -0.05) is 22.0 Å². The number of rotatable bonds is 7. The number of nitrogens with zero attached hydrogens (tertiary/aromatic N) is 3. The Morgan fingerprint density at radius 1 is 1.19 bits per heavy atom. The van der Waals surface area contributed by atoms with E-state index in [2.05, 4.69) is 41.4 Å². The predicted molar refractivity (Wildman–Crippen MR) is 105 cm³/mol. The van der Waals surface area contributed by atoms with Crippen LogP contribution in [0.3, 0.4) is 0 Å². The van der Waals surface area contributed by atoms with E-state index in [1.165, 1.54) is 0 Å².